The van der Waals surface area contributed by atoms with Crippen LogP contribution in [0, 0.1) is 0 Å². The number of carbonyl (C=O) groups is 2. The summed E-state index contributed by atoms with van der Waals surface area (Å²) in [6.07, 6.45) is 1.23. The number of amides is 2. The van der Waals surface area contributed by atoms with E-state index in [0.29, 0.717) is 18.8 Å². The second-order valence-corrected chi connectivity index (χ2v) is 7.59. The number of likely N-dealkylation sites (tertiary alicyclic amines) is 1. The fraction of sp³-hybridized carbons (Fsp3) is 0.222. The third kappa shape index (κ3) is 3.29. The minimum atomic E-state index is -0.145. The van der Waals surface area contributed by atoms with Gasteiger partial charge in [0.05, 0.1) is 16.1 Å². The van der Waals surface area contributed by atoms with Gasteiger partial charge >= 0.3 is 0 Å². The van der Waals surface area contributed by atoms with Crippen molar-refractivity contribution in [3.8, 4) is 10.7 Å². The Hall–Kier alpha value is -2.25. The zero-order valence-electron chi connectivity index (χ0n) is 13.3. The van der Waals surface area contributed by atoms with Crippen molar-refractivity contribution in [3.63, 3.8) is 0 Å². The Morgan fingerprint density at radius 2 is 2.08 bits per heavy atom. The lowest BCUT2D eigenvalue weighted by molar-refractivity contribution is -0.140. The van der Waals surface area contributed by atoms with Gasteiger partial charge in [0.1, 0.15) is 5.03 Å². The average molecular weight is 369 g/mol. The van der Waals surface area contributed by atoms with Gasteiger partial charge in [0.2, 0.25) is 11.8 Å². The van der Waals surface area contributed by atoms with Crippen LogP contribution in [-0.2, 0) is 9.59 Å². The van der Waals surface area contributed by atoms with Crippen LogP contribution in [0.15, 0.2) is 46.8 Å². The highest BCUT2D eigenvalue weighted by molar-refractivity contribution is 8.00. The van der Waals surface area contributed by atoms with E-state index in [4.69, 9.17) is 0 Å². The number of carbonyl (C=O) groups excluding carboxylic acids is 2. The summed E-state index contributed by atoms with van der Waals surface area (Å²) >= 11 is 2.95. The Bertz CT molecular complexity index is 941. The Labute approximate surface area is 153 Å². The lowest BCUT2D eigenvalue weighted by Gasteiger charge is -2.13. The summed E-state index contributed by atoms with van der Waals surface area (Å²) in [5.74, 6) is 0.655. The molecule has 25 heavy (non-hydrogen) atoms. The molecule has 1 fully saturated rings. The van der Waals surface area contributed by atoms with Gasteiger partial charge in [0.15, 0.2) is 5.82 Å². The molecule has 1 aliphatic heterocycles. The van der Waals surface area contributed by atoms with Crippen LogP contribution in [0.3, 0.4) is 0 Å². The molecule has 1 saturated heterocycles. The first-order chi connectivity index (χ1) is 12.2. The van der Waals surface area contributed by atoms with Crippen molar-refractivity contribution in [1.82, 2.24) is 14.9 Å². The van der Waals surface area contributed by atoms with Gasteiger partial charge in [-0.05, 0) is 23.9 Å². The van der Waals surface area contributed by atoms with Crippen LogP contribution in [-0.4, -0.2) is 39.0 Å². The zero-order valence-corrected chi connectivity index (χ0v) is 15.0. The monoisotopic (exact) mass is 369 g/mol. The maximum absolute atomic E-state index is 12.3. The minimum absolute atomic E-state index is 0.0718. The van der Waals surface area contributed by atoms with E-state index in [1.807, 2.05) is 41.8 Å². The molecule has 2 amide bonds. The van der Waals surface area contributed by atoms with Gasteiger partial charge in [-0.25, -0.2) is 9.97 Å². The number of thiophene rings is 1. The molecular formula is C18H15N3O2S2. The lowest BCUT2D eigenvalue weighted by atomic mass is 10.2. The standard InChI is InChI=1S/C18H15N3O2S2/c22-15-8-3-9-21(15)16(23)11-25-18-12-5-1-2-6-13(12)19-17(20-18)14-7-4-10-24-14/h1-2,4-7,10H,3,8-9,11H2. The van der Waals surface area contributed by atoms with E-state index in [2.05, 4.69) is 9.97 Å². The largest absolute Gasteiger partial charge is 0.282 e. The summed E-state index contributed by atoms with van der Waals surface area (Å²) in [4.78, 5) is 35.7. The number of nitrogens with zero attached hydrogens (tertiary/aromatic N) is 3. The lowest BCUT2D eigenvalue weighted by Crippen LogP contribution is -2.33. The van der Waals surface area contributed by atoms with Crippen LogP contribution in [0.4, 0.5) is 0 Å². The second kappa shape index (κ2) is 6.93. The third-order valence-corrected chi connectivity index (χ3v) is 5.86. The normalized spacial score (nSPS) is 14.4. The first kappa shape index (κ1) is 16.2. The van der Waals surface area contributed by atoms with Gasteiger partial charge in [-0.3, -0.25) is 14.5 Å². The smallest absolute Gasteiger partial charge is 0.239 e. The van der Waals surface area contributed by atoms with Gasteiger partial charge in [-0.1, -0.05) is 36.0 Å². The van der Waals surface area contributed by atoms with E-state index in [0.717, 1.165) is 27.2 Å². The molecule has 0 bridgehead atoms. The molecule has 0 spiro atoms. The van der Waals surface area contributed by atoms with E-state index in [9.17, 15) is 9.59 Å². The van der Waals surface area contributed by atoms with Crippen molar-refractivity contribution >= 4 is 45.8 Å². The number of aromatic nitrogens is 2. The highest BCUT2D eigenvalue weighted by atomic mass is 32.2. The highest BCUT2D eigenvalue weighted by Gasteiger charge is 2.26. The van der Waals surface area contributed by atoms with Gasteiger partial charge in [0.25, 0.3) is 0 Å². The van der Waals surface area contributed by atoms with Crippen LogP contribution in [0.25, 0.3) is 21.6 Å². The predicted molar refractivity (Wildman–Crippen MR) is 99.5 cm³/mol. The summed E-state index contributed by atoms with van der Waals surface area (Å²) in [6.45, 7) is 0.531. The molecule has 0 radical (unpaired) electrons. The van der Waals surface area contributed by atoms with Crippen LogP contribution in [0.2, 0.25) is 0 Å². The quantitative estimate of drug-likeness (QED) is 0.519. The number of hydrogen-bond donors (Lipinski definition) is 0. The number of rotatable bonds is 4. The van der Waals surface area contributed by atoms with E-state index >= 15 is 0 Å². The Morgan fingerprint density at radius 1 is 1.20 bits per heavy atom. The number of thioether (sulfide) groups is 1. The summed E-state index contributed by atoms with van der Waals surface area (Å²) in [5.41, 5.74) is 0.855. The summed E-state index contributed by atoms with van der Waals surface area (Å²) < 4.78 is 0. The molecule has 0 unspecified atom stereocenters. The fourth-order valence-corrected chi connectivity index (χ4v) is 4.35. The second-order valence-electron chi connectivity index (χ2n) is 5.68. The molecule has 3 heterocycles. The highest BCUT2D eigenvalue weighted by Crippen LogP contribution is 2.30. The number of fused-ring (bicyclic) bond motifs is 1. The molecule has 126 valence electrons. The molecular weight excluding hydrogens is 354 g/mol. The predicted octanol–water partition coefficient (Wildman–Crippen LogP) is 3.60. The molecule has 1 aliphatic rings. The Kier molecular flexibility index (Phi) is 4.50. The molecule has 5 nitrogen and oxygen atoms in total. The molecule has 0 N–H and O–H groups in total. The van der Waals surface area contributed by atoms with Gasteiger partial charge < -0.3 is 0 Å². The van der Waals surface area contributed by atoms with E-state index in [-0.39, 0.29) is 17.6 Å². The number of benzene rings is 1. The van der Waals surface area contributed by atoms with Crippen LogP contribution in [0.5, 0.6) is 0 Å². The van der Waals surface area contributed by atoms with Gasteiger partial charge in [0, 0.05) is 18.4 Å². The molecule has 0 atom stereocenters. The summed E-state index contributed by atoms with van der Waals surface area (Å²) in [5, 5.41) is 3.69. The third-order valence-electron chi connectivity index (χ3n) is 4.02. The maximum Gasteiger partial charge on any atom is 0.239 e. The molecule has 3 aromatic rings. The zero-order chi connectivity index (χ0) is 17.2. The summed E-state index contributed by atoms with van der Waals surface area (Å²) in [6, 6.07) is 11.7. The number of hydrogen-bond acceptors (Lipinski definition) is 6. The van der Waals surface area contributed by atoms with Crippen LogP contribution < -0.4 is 0 Å². The SMILES string of the molecule is O=C1CCCN1C(=O)CSc1nc(-c2cccs2)nc2ccccc12. The molecule has 7 heteroatoms. The maximum atomic E-state index is 12.3. The number of para-hydroxylation sites is 1. The molecule has 0 aliphatic carbocycles. The Morgan fingerprint density at radius 3 is 2.84 bits per heavy atom. The fourth-order valence-electron chi connectivity index (χ4n) is 2.79. The van der Waals surface area contributed by atoms with E-state index in [1.165, 1.54) is 16.7 Å². The van der Waals surface area contributed by atoms with E-state index < -0.39 is 0 Å². The molecule has 1 aromatic carbocycles. The van der Waals surface area contributed by atoms with E-state index in [1.54, 1.807) is 11.3 Å². The van der Waals surface area contributed by atoms with Crippen molar-refractivity contribution in [2.75, 3.05) is 12.3 Å². The summed E-state index contributed by atoms with van der Waals surface area (Å²) in [7, 11) is 0. The molecule has 0 saturated carbocycles. The Balaban J connectivity index is 1.63. The van der Waals surface area contributed by atoms with Gasteiger partial charge in [-0.15, -0.1) is 11.3 Å². The van der Waals surface area contributed by atoms with Crippen LogP contribution >= 0.6 is 23.1 Å². The molecule has 2 aromatic heterocycles. The van der Waals surface area contributed by atoms with Crippen molar-refractivity contribution in [2.45, 2.75) is 17.9 Å². The minimum Gasteiger partial charge on any atom is -0.282 e. The van der Waals surface area contributed by atoms with Crippen molar-refractivity contribution in [1.29, 1.82) is 0 Å². The van der Waals surface area contributed by atoms with Crippen molar-refractivity contribution in [2.24, 2.45) is 0 Å². The van der Waals surface area contributed by atoms with Crippen molar-refractivity contribution in [3.05, 3.63) is 41.8 Å². The topological polar surface area (TPSA) is 63.2 Å². The first-order valence-corrected chi connectivity index (χ1v) is 9.85. The molecule has 4 rings (SSSR count). The van der Waals surface area contributed by atoms with Crippen LogP contribution in [0.1, 0.15) is 12.8 Å². The first-order valence-electron chi connectivity index (χ1n) is 7.99. The van der Waals surface area contributed by atoms with Crippen molar-refractivity contribution < 1.29 is 9.59 Å². The van der Waals surface area contributed by atoms with Gasteiger partial charge in [-0.2, -0.15) is 0 Å². The average Bonchev–Trinajstić information content (AvgIpc) is 3.31. The number of imide groups is 1.